The Hall–Kier alpha value is -1.32. The van der Waals surface area contributed by atoms with Crippen molar-refractivity contribution in [1.82, 2.24) is 19.5 Å². The van der Waals surface area contributed by atoms with Crippen LogP contribution in [0.25, 0.3) is 11.2 Å². The fraction of sp³-hybridized carbons (Fsp3) is 0.615. The zero-order chi connectivity index (χ0) is 15.5. The summed E-state index contributed by atoms with van der Waals surface area (Å²) >= 11 is 6.03. The minimum absolute atomic E-state index is 0.153. The quantitative estimate of drug-likeness (QED) is 0.819. The highest BCUT2D eigenvalue weighted by Crippen LogP contribution is 2.43. The molecule has 2 aromatic rings. The normalized spacial score (nSPS) is 33.5. The van der Waals surface area contributed by atoms with Gasteiger partial charge in [0.25, 0.3) is 0 Å². The molecule has 2 fully saturated rings. The van der Waals surface area contributed by atoms with Gasteiger partial charge in [-0.05, 0) is 13.8 Å². The maximum absolute atomic E-state index is 9.52. The van der Waals surface area contributed by atoms with Crippen LogP contribution in [-0.4, -0.2) is 55.3 Å². The Morgan fingerprint density at radius 1 is 1.27 bits per heavy atom. The summed E-state index contributed by atoms with van der Waals surface area (Å²) in [6, 6.07) is 0. The van der Waals surface area contributed by atoms with Crippen molar-refractivity contribution >= 4 is 22.8 Å². The molecule has 0 aromatic carbocycles. The number of aliphatic hydroxyl groups is 1. The van der Waals surface area contributed by atoms with Crippen molar-refractivity contribution in [2.75, 3.05) is 6.61 Å². The highest BCUT2D eigenvalue weighted by atomic mass is 35.5. The molecule has 2 saturated heterocycles. The second-order valence-corrected chi connectivity index (χ2v) is 6.16. The number of imidazole rings is 1. The molecule has 1 N–H and O–H groups in total. The third kappa shape index (κ3) is 2.03. The van der Waals surface area contributed by atoms with E-state index < -0.39 is 18.1 Å². The number of aliphatic hydroxyl groups excluding tert-OH is 1. The van der Waals surface area contributed by atoms with Gasteiger partial charge >= 0.3 is 0 Å². The standard InChI is InChI=1S/C13H15ClN4O4/c1-13(2)21-8-6(3-19)20-12(9(8)22-13)18-5-17-7-10(14)15-4-16-11(7)18/h4-6,8-9,12,19H,3H2,1-2H3/t6-,8?,9+,12-/m0/s1. The molecule has 9 heteroatoms. The van der Waals surface area contributed by atoms with Crippen LogP contribution >= 0.6 is 11.6 Å². The summed E-state index contributed by atoms with van der Waals surface area (Å²) in [5.41, 5.74) is 1.05. The summed E-state index contributed by atoms with van der Waals surface area (Å²) in [4.78, 5) is 12.4. The molecule has 2 aromatic heterocycles. The zero-order valence-electron chi connectivity index (χ0n) is 12.0. The molecule has 4 atom stereocenters. The van der Waals surface area contributed by atoms with Gasteiger partial charge < -0.3 is 19.3 Å². The van der Waals surface area contributed by atoms with E-state index in [1.807, 2.05) is 13.8 Å². The SMILES string of the molecule is CC1(C)OC2[C@H](CO)O[C@H](n3cnc4c(Cl)ncnc43)[C@@H]2O1. The highest BCUT2D eigenvalue weighted by molar-refractivity contribution is 6.33. The number of nitrogens with zero attached hydrogens (tertiary/aromatic N) is 4. The predicted molar refractivity (Wildman–Crippen MR) is 75.2 cm³/mol. The molecule has 2 aliphatic heterocycles. The molecule has 0 amide bonds. The van der Waals surface area contributed by atoms with E-state index in [0.717, 1.165) is 0 Å². The van der Waals surface area contributed by atoms with Gasteiger partial charge in [-0.2, -0.15) is 0 Å². The number of ether oxygens (including phenoxy) is 3. The lowest BCUT2D eigenvalue weighted by atomic mass is 10.1. The van der Waals surface area contributed by atoms with Crippen molar-refractivity contribution in [2.24, 2.45) is 0 Å². The Morgan fingerprint density at radius 3 is 2.82 bits per heavy atom. The lowest BCUT2D eigenvalue weighted by Gasteiger charge is -2.24. The van der Waals surface area contributed by atoms with Crippen LogP contribution < -0.4 is 0 Å². The van der Waals surface area contributed by atoms with Crippen molar-refractivity contribution in [3.05, 3.63) is 17.8 Å². The summed E-state index contributed by atoms with van der Waals surface area (Å²) in [5.74, 6) is -0.728. The topological polar surface area (TPSA) is 91.5 Å². The van der Waals surface area contributed by atoms with E-state index >= 15 is 0 Å². The van der Waals surface area contributed by atoms with E-state index in [1.54, 1.807) is 10.9 Å². The van der Waals surface area contributed by atoms with Crippen molar-refractivity contribution in [3.63, 3.8) is 0 Å². The van der Waals surface area contributed by atoms with E-state index in [0.29, 0.717) is 11.2 Å². The Balaban J connectivity index is 1.77. The Bertz CT molecular complexity index is 721. The van der Waals surface area contributed by atoms with Crippen LogP contribution in [0, 0.1) is 0 Å². The van der Waals surface area contributed by atoms with Crippen LogP contribution in [0.3, 0.4) is 0 Å². The average Bonchev–Trinajstić information content (AvgIpc) is 3.10. The zero-order valence-corrected chi connectivity index (χ0v) is 12.8. The maximum atomic E-state index is 9.52. The van der Waals surface area contributed by atoms with Crippen LogP contribution in [0.5, 0.6) is 0 Å². The summed E-state index contributed by atoms with van der Waals surface area (Å²) in [6.45, 7) is 3.52. The van der Waals surface area contributed by atoms with Crippen molar-refractivity contribution in [2.45, 2.75) is 44.2 Å². The smallest absolute Gasteiger partial charge is 0.167 e. The van der Waals surface area contributed by atoms with E-state index in [-0.39, 0.29) is 24.0 Å². The summed E-state index contributed by atoms with van der Waals surface area (Å²) in [7, 11) is 0. The fourth-order valence-electron chi connectivity index (χ4n) is 3.04. The molecule has 0 radical (unpaired) electrons. The van der Waals surface area contributed by atoms with Gasteiger partial charge in [-0.15, -0.1) is 0 Å². The summed E-state index contributed by atoms with van der Waals surface area (Å²) in [5, 5.41) is 9.80. The number of halogens is 1. The predicted octanol–water partition coefficient (Wildman–Crippen LogP) is 0.889. The second-order valence-electron chi connectivity index (χ2n) is 5.80. The lowest BCUT2D eigenvalue weighted by molar-refractivity contribution is -0.199. The first-order valence-corrected chi connectivity index (χ1v) is 7.33. The number of hydrogen-bond donors (Lipinski definition) is 1. The number of hydrogen-bond acceptors (Lipinski definition) is 7. The van der Waals surface area contributed by atoms with Crippen LogP contribution in [0.1, 0.15) is 20.1 Å². The molecule has 118 valence electrons. The van der Waals surface area contributed by atoms with Gasteiger partial charge in [0.1, 0.15) is 30.2 Å². The Morgan fingerprint density at radius 2 is 2.05 bits per heavy atom. The van der Waals surface area contributed by atoms with Gasteiger partial charge in [-0.3, -0.25) is 4.57 Å². The highest BCUT2D eigenvalue weighted by Gasteiger charge is 2.55. The first-order chi connectivity index (χ1) is 10.5. The number of rotatable bonds is 2. The Kier molecular flexibility index (Phi) is 3.14. The molecule has 0 spiro atoms. The number of aromatic nitrogens is 4. The lowest BCUT2D eigenvalue weighted by Crippen LogP contribution is -2.31. The number of fused-ring (bicyclic) bond motifs is 2. The second kappa shape index (κ2) is 4.84. The maximum Gasteiger partial charge on any atom is 0.167 e. The van der Waals surface area contributed by atoms with E-state index in [9.17, 15) is 5.11 Å². The van der Waals surface area contributed by atoms with Gasteiger partial charge in [0.2, 0.25) is 0 Å². The third-order valence-corrected chi connectivity index (χ3v) is 4.17. The molecule has 4 rings (SSSR count). The molecule has 22 heavy (non-hydrogen) atoms. The van der Waals surface area contributed by atoms with Crippen molar-refractivity contribution in [3.8, 4) is 0 Å². The molecule has 0 bridgehead atoms. The minimum atomic E-state index is -0.728. The van der Waals surface area contributed by atoms with Crippen LogP contribution in [0.2, 0.25) is 5.15 Å². The first kappa shape index (κ1) is 14.3. The average molecular weight is 327 g/mol. The van der Waals surface area contributed by atoms with Gasteiger partial charge in [0.05, 0.1) is 12.9 Å². The summed E-state index contributed by atoms with van der Waals surface area (Å²) < 4.78 is 19.4. The monoisotopic (exact) mass is 326 g/mol. The molecule has 0 aliphatic carbocycles. The van der Waals surface area contributed by atoms with Gasteiger partial charge in [-0.1, -0.05) is 11.6 Å². The molecule has 1 unspecified atom stereocenters. The molecular formula is C13H15ClN4O4. The van der Waals surface area contributed by atoms with Crippen LogP contribution in [0.4, 0.5) is 0 Å². The minimum Gasteiger partial charge on any atom is -0.394 e. The molecule has 8 nitrogen and oxygen atoms in total. The molecule has 0 saturated carbocycles. The third-order valence-electron chi connectivity index (χ3n) is 3.89. The Labute approximate surface area is 131 Å². The van der Waals surface area contributed by atoms with Crippen LogP contribution in [0.15, 0.2) is 12.7 Å². The molecular weight excluding hydrogens is 312 g/mol. The van der Waals surface area contributed by atoms with Crippen molar-refractivity contribution < 1.29 is 19.3 Å². The molecule has 2 aliphatic rings. The van der Waals surface area contributed by atoms with Crippen LogP contribution in [-0.2, 0) is 14.2 Å². The summed E-state index contributed by atoms with van der Waals surface area (Å²) in [6.07, 6.45) is 1.28. The van der Waals surface area contributed by atoms with Gasteiger partial charge in [0.15, 0.2) is 22.8 Å². The van der Waals surface area contributed by atoms with E-state index in [4.69, 9.17) is 25.8 Å². The fourth-order valence-corrected chi connectivity index (χ4v) is 3.22. The van der Waals surface area contributed by atoms with Crippen molar-refractivity contribution in [1.29, 1.82) is 0 Å². The van der Waals surface area contributed by atoms with E-state index in [1.165, 1.54) is 6.33 Å². The molecule has 4 heterocycles. The van der Waals surface area contributed by atoms with Gasteiger partial charge in [0, 0.05) is 0 Å². The largest absolute Gasteiger partial charge is 0.394 e. The van der Waals surface area contributed by atoms with Gasteiger partial charge in [-0.25, -0.2) is 15.0 Å². The van der Waals surface area contributed by atoms with E-state index in [2.05, 4.69) is 15.0 Å². The first-order valence-electron chi connectivity index (χ1n) is 6.95.